The molecular formula is C22H28N2O3S. The summed E-state index contributed by atoms with van der Waals surface area (Å²) in [6.07, 6.45) is 1.29. The molecule has 1 heterocycles. The van der Waals surface area contributed by atoms with Gasteiger partial charge in [0.25, 0.3) is 0 Å². The summed E-state index contributed by atoms with van der Waals surface area (Å²) in [5, 5.41) is 2.96. The molecule has 1 N–H and O–H groups in total. The van der Waals surface area contributed by atoms with Gasteiger partial charge in [-0.3, -0.25) is 4.79 Å². The second kappa shape index (κ2) is 8.88. The lowest BCUT2D eigenvalue weighted by molar-refractivity contribution is -0.126. The van der Waals surface area contributed by atoms with Gasteiger partial charge >= 0.3 is 0 Å². The lowest BCUT2D eigenvalue weighted by atomic mass is 9.90. The van der Waals surface area contributed by atoms with E-state index in [1.807, 2.05) is 44.2 Å². The van der Waals surface area contributed by atoms with Crippen LogP contribution in [0, 0.1) is 11.8 Å². The van der Waals surface area contributed by atoms with Crippen molar-refractivity contribution < 1.29 is 13.2 Å². The molecule has 2 unspecified atom stereocenters. The van der Waals surface area contributed by atoms with Crippen LogP contribution in [-0.4, -0.2) is 31.7 Å². The zero-order chi connectivity index (χ0) is 20.1. The van der Waals surface area contributed by atoms with Crippen molar-refractivity contribution in [1.82, 2.24) is 9.62 Å². The highest BCUT2D eigenvalue weighted by Crippen LogP contribution is 2.37. The van der Waals surface area contributed by atoms with Gasteiger partial charge in [0.05, 0.1) is 16.9 Å². The lowest BCUT2D eigenvalue weighted by Crippen LogP contribution is -2.47. The summed E-state index contributed by atoms with van der Waals surface area (Å²) in [5.74, 6) is -0.0422. The molecule has 2 aromatic carbocycles. The van der Waals surface area contributed by atoms with Crippen LogP contribution in [0.1, 0.15) is 38.3 Å². The minimum Gasteiger partial charge on any atom is -0.356 e. The number of nitrogens with zero attached hydrogens (tertiary/aromatic N) is 1. The molecule has 28 heavy (non-hydrogen) atoms. The molecule has 150 valence electrons. The average Bonchev–Trinajstić information content (AvgIpc) is 2.72. The van der Waals surface area contributed by atoms with Gasteiger partial charge in [-0.15, -0.1) is 0 Å². The van der Waals surface area contributed by atoms with E-state index < -0.39 is 10.0 Å². The third kappa shape index (κ3) is 4.62. The summed E-state index contributed by atoms with van der Waals surface area (Å²) in [6.45, 7) is 4.88. The van der Waals surface area contributed by atoms with Crippen LogP contribution in [0.3, 0.4) is 0 Å². The Balaban J connectivity index is 1.90. The van der Waals surface area contributed by atoms with E-state index in [1.54, 1.807) is 30.3 Å². The molecule has 1 saturated heterocycles. The van der Waals surface area contributed by atoms with Gasteiger partial charge in [-0.1, -0.05) is 62.4 Å². The summed E-state index contributed by atoms with van der Waals surface area (Å²) >= 11 is 0. The van der Waals surface area contributed by atoms with Crippen LogP contribution in [0.5, 0.6) is 0 Å². The minimum atomic E-state index is -3.70. The number of nitrogens with one attached hydrogen (secondary N) is 1. The Labute approximate surface area is 167 Å². The summed E-state index contributed by atoms with van der Waals surface area (Å²) < 4.78 is 28.3. The number of piperidine rings is 1. The molecular weight excluding hydrogens is 372 g/mol. The first kappa shape index (κ1) is 20.6. The van der Waals surface area contributed by atoms with E-state index in [2.05, 4.69) is 5.32 Å². The SMILES string of the molecule is CC(C)CNC(=O)C1CCC(c2ccccc2)N(S(=O)(=O)c2ccccc2)C1. The number of carbonyl (C=O) groups excluding carboxylic acids is 1. The number of sulfonamides is 1. The van der Waals surface area contributed by atoms with E-state index in [-0.39, 0.29) is 29.3 Å². The number of rotatable bonds is 6. The van der Waals surface area contributed by atoms with E-state index >= 15 is 0 Å². The first-order valence-electron chi connectivity index (χ1n) is 9.79. The number of benzene rings is 2. The van der Waals surface area contributed by atoms with Crippen molar-refractivity contribution in [1.29, 1.82) is 0 Å². The highest BCUT2D eigenvalue weighted by Gasteiger charge is 2.39. The highest BCUT2D eigenvalue weighted by atomic mass is 32.2. The highest BCUT2D eigenvalue weighted by molar-refractivity contribution is 7.89. The monoisotopic (exact) mass is 400 g/mol. The predicted molar refractivity (Wildman–Crippen MR) is 110 cm³/mol. The molecule has 2 aromatic rings. The topological polar surface area (TPSA) is 66.5 Å². The fourth-order valence-corrected chi connectivity index (χ4v) is 5.31. The van der Waals surface area contributed by atoms with Gasteiger partial charge in [-0.2, -0.15) is 4.31 Å². The molecule has 1 fully saturated rings. The minimum absolute atomic E-state index is 0.0616. The molecule has 2 atom stereocenters. The lowest BCUT2D eigenvalue weighted by Gasteiger charge is -2.38. The number of hydrogen-bond donors (Lipinski definition) is 1. The third-order valence-corrected chi connectivity index (χ3v) is 7.01. The van der Waals surface area contributed by atoms with E-state index in [9.17, 15) is 13.2 Å². The fourth-order valence-electron chi connectivity index (χ4n) is 3.60. The number of hydrogen-bond acceptors (Lipinski definition) is 3. The van der Waals surface area contributed by atoms with Crippen LogP contribution < -0.4 is 5.32 Å². The molecule has 5 nitrogen and oxygen atoms in total. The van der Waals surface area contributed by atoms with E-state index in [0.29, 0.717) is 25.3 Å². The molecule has 0 aromatic heterocycles. The molecule has 0 saturated carbocycles. The van der Waals surface area contributed by atoms with Gasteiger partial charge in [0.2, 0.25) is 15.9 Å². The standard InChI is InChI=1S/C22H28N2O3S/c1-17(2)15-23-22(25)19-13-14-21(18-9-5-3-6-10-18)24(16-19)28(26,27)20-11-7-4-8-12-20/h3-12,17,19,21H,13-16H2,1-2H3,(H,23,25). The summed E-state index contributed by atoms with van der Waals surface area (Å²) in [7, 11) is -3.70. The predicted octanol–water partition coefficient (Wildman–Crippen LogP) is 3.60. The second-order valence-corrected chi connectivity index (χ2v) is 9.62. The Hall–Kier alpha value is -2.18. The molecule has 1 aliphatic heterocycles. The van der Waals surface area contributed by atoms with Crippen LogP contribution in [-0.2, 0) is 14.8 Å². The van der Waals surface area contributed by atoms with E-state index in [1.165, 1.54) is 4.31 Å². The van der Waals surface area contributed by atoms with Gasteiger partial charge < -0.3 is 5.32 Å². The molecule has 0 bridgehead atoms. The van der Waals surface area contributed by atoms with Crippen LogP contribution >= 0.6 is 0 Å². The van der Waals surface area contributed by atoms with Crippen molar-refractivity contribution in [3.05, 3.63) is 66.2 Å². The largest absolute Gasteiger partial charge is 0.356 e. The zero-order valence-electron chi connectivity index (χ0n) is 16.4. The number of amides is 1. The smallest absolute Gasteiger partial charge is 0.243 e. The van der Waals surface area contributed by atoms with Gasteiger partial charge in [-0.25, -0.2) is 8.42 Å². The fraction of sp³-hybridized carbons (Fsp3) is 0.409. The van der Waals surface area contributed by atoms with Crippen molar-refractivity contribution in [2.45, 2.75) is 37.6 Å². The molecule has 1 amide bonds. The Bertz CT molecular complexity index is 883. The Morgan fingerprint density at radius 3 is 2.25 bits per heavy atom. The van der Waals surface area contributed by atoms with Gasteiger partial charge in [-0.05, 0) is 36.5 Å². The Morgan fingerprint density at radius 1 is 1.04 bits per heavy atom. The quantitative estimate of drug-likeness (QED) is 0.806. The molecule has 6 heteroatoms. The van der Waals surface area contributed by atoms with Crippen LogP contribution in [0.15, 0.2) is 65.6 Å². The third-order valence-electron chi connectivity index (χ3n) is 5.13. The molecule has 3 rings (SSSR count). The zero-order valence-corrected chi connectivity index (χ0v) is 17.2. The first-order chi connectivity index (χ1) is 13.4. The van der Waals surface area contributed by atoms with Gasteiger partial charge in [0, 0.05) is 13.1 Å². The summed E-state index contributed by atoms with van der Waals surface area (Å²) in [6, 6.07) is 17.9. The first-order valence-corrected chi connectivity index (χ1v) is 11.2. The van der Waals surface area contributed by atoms with Crippen molar-refractivity contribution >= 4 is 15.9 Å². The Kier molecular flexibility index (Phi) is 6.52. The molecule has 0 aliphatic carbocycles. The maximum atomic E-state index is 13.4. The second-order valence-electron chi connectivity index (χ2n) is 7.73. The Morgan fingerprint density at radius 2 is 1.64 bits per heavy atom. The maximum absolute atomic E-state index is 13.4. The van der Waals surface area contributed by atoms with Crippen LogP contribution in [0.4, 0.5) is 0 Å². The van der Waals surface area contributed by atoms with E-state index in [0.717, 1.165) is 5.56 Å². The molecule has 0 radical (unpaired) electrons. The van der Waals surface area contributed by atoms with Crippen LogP contribution in [0.2, 0.25) is 0 Å². The molecule has 1 aliphatic rings. The van der Waals surface area contributed by atoms with Crippen LogP contribution in [0.25, 0.3) is 0 Å². The number of carbonyl (C=O) groups is 1. The summed E-state index contributed by atoms with van der Waals surface area (Å²) in [5.41, 5.74) is 0.961. The van der Waals surface area contributed by atoms with Crippen molar-refractivity contribution in [3.63, 3.8) is 0 Å². The molecule has 0 spiro atoms. The summed E-state index contributed by atoms with van der Waals surface area (Å²) in [4.78, 5) is 12.9. The van der Waals surface area contributed by atoms with Crippen molar-refractivity contribution in [2.75, 3.05) is 13.1 Å². The average molecular weight is 401 g/mol. The van der Waals surface area contributed by atoms with Gasteiger partial charge in [0.15, 0.2) is 0 Å². The van der Waals surface area contributed by atoms with E-state index in [4.69, 9.17) is 0 Å². The van der Waals surface area contributed by atoms with Gasteiger partial charge in [0.1, 0.15) is 0 Å². The van der Waals surface area contributed by atoms with Crippen molar-refractivity contribution in [3.8, 4) is 0 Å². The maximum Gasteiger partial charge on any atom is 0.243 e. The van der Waals surface area contributed by atoms with Crippen molar-refractivity contribution in [2.24, 2.45) is 11.8 Å². The normalized spacial score (nSPS) is 20.8.